The number of aliphatic hydroxyl groups is 1. The molecule has 1 fully saturated rings. The molecule has 1 heterocycles. The monoisotopic (exact) mass is 243 g/mol. The van der Waals surface area contributed by atoms with Gasteiger partial charge < -0.3 is 14.7 Å². The Morgan fingerprint density at radius 3 is 2.88 bits per heavy atom. The van der Waals surface area contributed by atoms with Crippen LogP contribution < -0.4 is 0 Å². The molecule has 0 saturated carbocycles. The maximum Gasteiger partial charge on any atom is 0.310 e. The number of ether oxygens (including phenoxy) is 1. The first kappa shape index (κ1) is 14.0. The van der Waals surface area contributed by atoms with Gasteiger partial charge in [0.25, 0.3) is 0 Å². The van der Waals surface area contributed by atoms with Gasteiger partial charge in [-0.05, 0) is 26.2 Å². The zero-order valence-electron chi connectivity index (χ0n) is 10.4. The van der Waals surface area contributed by atoms with Crippen molar-refractivity contribution in [2.24, 2.45) is 5.92 Å². The fourth-order valence-electron chi connectivity index (χ4n) is 2.04. The number of aliphatic hydroxyl groups excluding tert-OH is 1. The van der Waals surface area contributed by atoms with E-state index in [0.29, 0.717) is 32.5 Å². The van der Waals surface area contributed by atoms with E-state index in [-0.39, 0.29) is 24.4 Å². The number of amides is 1. The molecule has 0 aromatic rings. The molecule has 98 valence electrons. The fraction of sp³-hybridized carbons (Fsp3) is 0.833. The molecule has 5 heteroatoms. The average Bonchev–Trinajstić information content (AvgIpc) is 2.36. The lowest BCUT2D eigenvalue weighted by atomic mass is 9.98. The highest BCUT2D eigenvalue weighted by Crippen LogP contribution is 2.18. The molecule has 0 aliphatic carbocycles. The summed E-state index contributed by atoms with van der Waals surface area (Å²) in [6.07, 6.45) is 2.47. The zero-order chi connectivity index (χ0) is 12.7. The van der Waals surface area contributed by atoms with Gasteiger partial charge >= 0.3 is 5.97 Å². The number of piperidine rings is 1. The Labute approximate surface area is 102 Å². The first-order chi connectivity index (χ1) is 8.19. The predicted octanol–water partition coefficient (Wildman–Crippen LogP) is 0.561. The van der Waals surface area contributed by atoms with E-state index >= 15 is 0 Å². The second-order valence-corrected chi connectivity index (χ2v) is 4.26. The van der Waals surface area contributed by atoms with E-state index in [4.69, 9.17) is 9.84 Å². The number of hydrogen-bond acceptors (Lipinski definition) is 4. The topological polar surface area (TPSA) is 66.8 Å². The SMILES string of the molecule is CCOC(=O)C1CCCN(C(=O)CCCO)C1. The van der Waals surface area contributed by atoms with Crippen molar-refractivity contribution >= 4 is 11.9 Å². The van der Waals surface area contributed by atoms with Gasteiger partial charge in [0.1, 0.15) is 0 Å². The molecule has 1 N–H and O–H groups in total. The molecule has 1 amide bonds. The van der Waals surface area contributed by atoms with Crippen molar-refractivity contribution in [1.82, 2.24) is 4.90 Å². The lowest BCUT2D eigenvalue weighted by Gasteiger charge is -2.31. The van der Waals surface area contributed by atoms with E-state index in [9.17, 15) is 9.59 Å². The Morgan fingerprint density at radius 1 is 1.47 bits per heavy atom. The van der Waals surface area contributed by atoms with Crippen molar-refractivity contribution < 1.29 is 19.4 Å². The molecule has 5 nitrogen and oxygen atoms in total. The first-order valence-electron chi connectivity index (χ1n) is 6.24. The zero-order valence-corrected chi connectivity index (χ0v) is 10.4. The van der Waals surface area contributed by atoms with E-state index in [1.165, 1.54) is 0 Å². The van der Waals surface area contributed by atoms with Crippen LogP contribution in [0, 0.1) is 5.92 Å². The minimum atomic E-state index is -0.202. The summed E-state index contributed by atoms with van der Waals surface area (Å²) in [6, 6.07) is 0. The highest BCUT2D eigenvalue weighted by molar-refractivity contribution is 5.78. The number of likely N-dealkylation sites (tertiary alicyclic amines) is 1. The molecule has 0 bridgehead atoms. The number of nitrogens with zero attached hydrogens (tertiary/aromatic N) is 1. The van der Waals surface area contributed by atoms with Gasteiger partial charge in [-0.2, -0.15) is 0 Å². The van der Waals surface area contributed by atoms with Crippen molar-refractivity contribution in [2.45, 2.75) is 32.6 Å². The van der Waals surface area contributed by atoms with Crippen molar-refractivity contribution in [3.05, 3.63) is 0 Å². The Bertz CT molecular complexity index is 267. The molecule has 1 unspecified atom stereocenters. The quantitative estimate of drug-likeness (QED) is 0.716. The highest BCUT2D eigenvalue weighted by atomic mass is 16.5. The summed E-state index contributed by atoms with van der Waals surface area (Å²) < 4.78 is 4.97. The van der Waals surface area contributed by atoms with E-state index in [1.807, 2.05) is 0 Å². The molecule has 0 spiro atoms. The van der Waals surface area contributed by atoms with Gasteiger partial charge in [-0.25, -0.2) is 0 Å². The van der Waals surface area contributed by atoms with Crippen molar-refractivity contribution in [3.63, 3.8) is 0 Å². The van der Waals surface area contributed by atoms with Gasteiger partial charge in [-0.15, -0.1) is 0 Å². The number of rotatable bonds is 5. The summed E-state index contributed by atoms with van der Waals surface area (Å²) in [6.45, 7) is 3.36. The molecule has 0 aromatic heterocycles. The Balaban J connectivity index is 2.42. The van der Waals surface area contributed by atoms with Crippen LogP contribution in [0.25, 0.3) is 0 Å². The molecule has 1 rings (SSSR count). The first-order valence-corrected chi connectivity index (χ1v) is 6.24. The molecule has 17 heavy (non-hydrogen) atoms. The summed E-state index contributed by atoms with van der Waals surface area (Å²) in [4.78, 5) is 25.0. The lowest BCUT2D eigenvalue weighted by Crippen LogP contribution is -2.42. The molecular formula is C12H21NO4. The Morgan fingerprint density at radius 2 is 2.24 bits per heavy atom. The van der Waals surface area contributed by atoms with Gasteiger partial charge in [0.2, 0.25) is 5.91 Å². The lowest BCUT2D eigenvalue weighted by molar-refractivity contribution is -0.151. The van der Waals surface area contributed by atoms with Crippen LogP contribution in [0.15, 0.2) is 0 Å². The van der Waals surface area contributed by atoms with E-state index in [2.05, 4.69) is 0 Å². The minimum Gasteiger partial charge on any atom is -0.466 e. The summed E-state index contributed by atoms with van der Waals surface area (Å²) in [7, 11) is 0. The third-order valence-electron chi connectivity index (χ3n) is 2.94. The normalized spacial score (nSPS) is 20.1. The average molecular weight is 243 g/mol. The summed E-state index contributed by atoms with van der Waals surface area (Å²) in [5.74, 6) is -0.359. The van der Waals surface area contributed by atoms with Crippen molar-refractivity contribution in [2.75, 3.05) is 26.3 Å². The Hall–Kier alpha value is -1.10. The third kappa shape index (κ3) is 4.34. The molecule has 1 atom stereocenters. The van der Waals surface area contributed by atoms with Gasteiger partial charge in [0.15, 0.2) is 0 Å². The van der Waals surface area contributed by atoms with Crippen LogP contribution >= 0.6 is 0 Å². The second kappa shape index (κ2) is 7.27. The summed E-state index contributed by atoms with van der Waals surface area (Å²) in [5.41, 5.74) is 0. The molecule has 1 aliphatic heterocycles. The highest BCUT2D eigenvalue weighted by Gasteiger charge is 2.28. The van der Waals surface area contributed by atoms with Gasteiger partial charge in [0, 0.05) is 26.1 Å². The molecular weight excluding hydrogens is 222 g/mol. The maximum absolute atomic E-state index is 11.7. The van der Waals surface area contributed by atoms with Crippen LogP contribution in [0.3, 0.4) is 0 Å². The van der Waals surface area contributed by atoms with Gasteiger partial charge in [0.05, 0.1) is 12.5 Å². The molecule has 1 saturated heterocycles. The van der Waals surface area contributed by atoms with Crippen LogP contribution in [-0.2, 0) is 14.3 Å². The predicted molar refractivity (Wildman–Crippen MR) is 62.3 cm³/mol. The molecule has 1 aliphatic rings. The largest absolute Gasteiger partial charge is 0.466 e. The van der Waals surface area contributed by atoms with E-state index < -0.39 is 0 Å². The van der Waals surface area contributed by atoms with E-state index in [1.54, 1.807) is 11.8 Å². The smallest absolute Gasteiger partial charge is 0.310 e. The molecule has 0 aromatic carbocycles. The van der Waals surface area contributed by atoms with Crippen molar-refractivity contribution in [3.8, 4) is 0 Å². The third-order valence-corrected chi connectivity index (χ3v) is 2.94. The van der Waals surface area contributed by atoms with Crippen molar-refractivity contribution in [1.29, 1.82) is 0 Å². The van der Waals surface area contributed by atoms with Crippen LogP contribution in [0.1, 0.15) is 32.6 Å². The fourth-order valence-corrected chi connectivity index (χ4v) is 2.04. The maximum atomic E-state index is 11.7. The number of carbonyl (C=O) groups excluding carboxylic acids is 2. The Kier molecular flexibility index (Phi) is 5.97. The van der Waals surface area contributed by atoms with E-state index in [0.717, 1.165) is 12.8 Å². The van der Waals surface area contributed by atoms with Crippen LogP contribution in [0.5, 0.6) is 0 Å². The number of esters is 1. The minimum absolute atomic E-state index is 0.0213. The molecule has 0 radical (unpaired) electrons. The van der Waals surface area contributed by atoms with Gasteiger partial charge in [-0.1, -0.05) is 0 Å². The summed E-state index contributed by atoms with van der Waals surface area (Å²) in [5, 5.41) is 8.68. The number of hydrogen-bond donors (Lipinski definition) is 1. The van der Waals surface area contributed by atoms with Crippen LogP contribution in [0.2, 0.25) is 0 Å². The van der Waals surface area contributed by atoms with Gasteiger partial charge in [-0.3, -0.25) is 9.59 Å². The van der Waals surface area contributed by atoms with Crippen LogP contribution in [0.4, 0.5) is 0 Å². The summed E-state index contributed by atoms with van der Waals surface area (Å²) >= 11 is 0. The standard InChI is InChI=1S/C12H21NO4/c1-2-17-12(16)10-5-3-7-13(9-10)11(15)6-4-8-14/h10,14H,2-9H2,1H3. The number of carbonyl (C=O) groups is 2. The van der Waals surface area contributed by atoms with Crippen LogP contribution in [-0.4, -0.2) is 48.2 Å². The second-order valence-electron chi connectivity index (χ2n) is 4.26.